The van der Waals surface area contributed by atoms with Gasteiger partial charge >= 0.3 is 0 Å². The Morgan fingerprint density at radius 1 is 1.12 bits per heavy atom. The van der Waals surface area contributed by atoms with Gasteiger partial charge in [-0.25, -0.2) is 0 Å². The van der Waals surface area contributed by atoms with E-state index in [1.54, 1.807) is 0 Å². The lowest BCUT2D eigenvalue weighted by Gasteiger charge is -2.37. The molecule has 0 saturated carbocycles. The SMILES string of the molecule is c1ccc(C[C@@]23COCCC2COC3)cc1. The number of benzene rings is 1. The second-order valence-electron chi connectivity index (χ2n) is 5.08. The quantitative estimate of drug-likeness (QED) is 0.758. The first-order valence-electron chi connectivity index (χ1n) is 6.08. The van der Waals surface area contributed by atoms with Crippen LogP contribution < -0.4 is 0 Å². The summed E-state index contributed by atoms with van der Waals surface area (Å²) >= 11 is 0. The Balaban J connectivity index is 1.81. The minimum Gasteiger partial charge on any atom is -0.381 e. The molecule has 2 atom stereocenters. The molecule has 1 aromatic rings. The first kappa shape index (κ1) is 10.3. The van der Waals surface area contributed by atoms with E-state index in [0.717, 1.165) is 39.3 Å². The van der Waals surface area contributed by atoms with Gasteiger partial charge < -0.3 is 9.47 Å². The maximum atomic E-state index is 5.69. The molecule has 0 bridgehead atoms. The molecular weight excluding hydrogens is 200 g/mol. The maximum absolute atomic E-state index is 5.69. The van der Waals surface area contributed by atoms with Crippen LogP contribution in [0.25, 0.3) is 0 Å². The number of hydrogen-bond donors (Lipinski definition) is 0. The molecule has 1 aromatic carbocycles. The van der Waals surface area contributed by atoms with Crippen LogP contribution >= 0.6 is 0 Å². The molecule has 0 N–H and O–H groups in total. The largest absolute Gasteiger partial charge is 0.381 e. The van der Waals surface area contributed by atoms with E-state index in [2.05, 4.69) is 30.3 Å². The third kappa shape index (κ3) is 1.76. The molecule has 0 spiro atoms. The highest BCUT2D eigenvalue weighted by atomic mass is 16.5. The van der Waals surface area contributed by atoms with Crippen LogP contribution in [0.2, 0.25) is 0 Å². The highest BCUT2D eigenvalue weighted by Gasteiger charge is 2.45. The average molecular weight is 218 g/mol. The standard InChI is InChI=1S/C14H18O2/c1-2-4-12(5-3-1)8-14-10-15-7-6-13(14)9-16-11-14/h1-5,13H,6-11H2/t13?,14-/m0/s1. The van der Waals surface area contributed by atoms with Gasteiger partial charge in [-0.05, 0) is 24.3 Å². The third-order valence-electron chi connectivity index (χ3n) is 3.97. The molecule has 3 rings (SSSR count). The Bertz CT molecular complexity index is 349. The first-order valence-corrected chi connectivity index (χ1v) is 6.08. The second-order valence-corrected chi connectivity index (χ2v) is 5.08. The van der Waals surface area contributed by atoms with Crippen molar-refractivity contribution in [3.05, 3.63) is 35.9 Å². The van der Waals surface area contributed by atoms with E-state index in [1.165, 1.54) is 5.56 Å². The Morgan fingerprint density at radius 3 is 2.81 bits per heavy atom. The lowest BCUT2D eigenvalue weighted by Crippen LogP contribution is -2.41. The zero-order chi connectivity index (χ0) is 10.8. The molecule has 0 aliphatic carbocycles. The van der Waals surface area contributed by atoms with Crippen LogP contribution in [0.3, 0.4) is 0 Å². The molecule has 2 heteroatoms. The highest BCUT2D eigenvalue weighted by Crippen LogP contribution is 2.42. The van der Waals surface area contributed by atoms with Gasteiger partial charge in [-0.2, -0.15) is 0 Å². The van der Waals surface area contributed by atoms with E-state index in [-0.39, 0.29) is 5.41 Å². The molecule has 2 saturated heterocycles. The van der Waals surface area contributed by atoms with Crippen LogP contribution in [-0.2, 0) is 15.9 Å². The first-order chi connectivity index (χ1) is 7.89. The molecule has 0 amide bonds. The van der Waals surface area contributed by atoms with Crippen molar-refractivity contribution < 1.29 is 9.47 Å². The van der Waals surface area contributed by atoms with Crippen LogP contribution in [0.1, 0.15) is 12.0 Å². The monoisotopic (exact) mass is 218 g/mol. The summed E-state index contributed by atoms with van der Waals surface area (Å²) in [4.78, 5) is 0. The summed E-state index contributed by atoms with van der Waals surface area (Å²) in [7, 11) is 0. The fourth-order valence-electron chi connectivity index (χ4n) is 3.00. The van der Waals surface area contributed by atoms with Gasteiger partial charge in [0.25, 0.3) is 0 Å². The molecule has 2 heterocycles. The van der Waals surface area contributed by atoms with Crippen molar-refractivity contribution in [2.24, 2.45) is 11.3 Å². The summed E-state index contributed by atoms with van der Waals surface area (Å²) < 4.78 is 11.4. The minimum absolute atomic E-state index is 0.250. The van der Waals surface area contributed by atoms with E-state index < -0.39 is 0 Å². The van der Waals surface area contributed by atoms with Gasteiger partial charge in [0.05, 0.1) is 19.8 Å². The van der Waals surface area contributed by atoms with Crippen LogP contribution in [-0.4, -0.2) is 26.4 Å². The van der Waals surface area contributed by atoms with E-state index in [4.69, 9.17) is 9.47 Å². The molecule has 0 radical (unpaired) electrons. The second kappa shape index (κ2) is 4.19. The van der Waals surface area contributed by atoms with E-state index in [0.29, 0.717) is 5.92 Å². The topological polar surface area (TPSA) is 18.5 Å². The van der Waals surface area contributed by atoms with Gasteiger partial charge in [-0.1, -0.05) is 30.3 Å². The van der Waals surface area contributed by atoms with E-state index >= 15 is 0 Å². The van der Waals surface area contributed by atoms with Crippen molar-refractivity contribution in [2.45, 2.75) is 12.8 Å². The Morgan fingerprint density at radius 2 is 1.94 bits per heavy atom. The third-order valence-corrected chi connectivity index (χ3v) is 3.97. The van der Waals surface area contributed by atoms with Crippen molar-refractivity contribution >= 4 is 0 Å². The van der Waals surface area contributed by atoms with Gasteiger partial charge in [0.2, 0.25) is 0 Å². The summed E-state index contributed by atoms with van der Waals surface area (Å²) in [6.07, 6.45) is 2.26. The zero-order valence-electron chi connectivity index (χ0n) is 9.52. The maximum Gasteiger partial charge on any atom is 0.0551 e. The normalized spacial score (nSPS) is 33.6. The predicted octanol–water partition coefficient (Wildman–Crippen LogP) is 2.28. The van der Waals surface area contributed by atoms with Crippen molar-refractivity contribution in [3.8, 4) is 0 Å². The Kier molecular flexibility index (Phi) is 2.70. The van der Waals surface area contributed by atoms with Gasteiger partial charge in [-0.3, -0.25) is 0 Å². The summed E-state index contributed by atoms with van der Waals surface area (Å²) in [6, 6.07) is 10.7. The van der Waals surface area contributed by atoms with Crippen LogP contribution in [0.4, 0.5) is 0 Å². The van der Waals surface area contributed by atoms with Crippen molar-refractivity contribution in [1.82, 2.24) is 0 Å². The summed E-state index contributed by atoms with van der Waals surface area (Å²) in [5, 5.41) is 0. The molecule has 2 aliphatic rings. The molecule has 2 aliphatic heterocycles. The lowest BCUT2D eigenvalue weighted by atomic mass is 9.72. The van der Waals surface area contributed by atoms with Crippen LogP contribution in [0, 0.1) is 11.3 Å². The van der Waals surface area contributed by atoms with Gasteiger partial charge in [-0.15, -0.1) is 0 Å². The molecule has 1 unspecified atom stereocenters. The van der Waals surface area contributed by atoms with Gasteiger partial charge in [0.15, 0.2) is 0 Å². The number of hydrogen-bond acceptors (Lipinski definition) is 2. The average Bonchev–Trinajstić information content (AvgIpc) is 2.73. The Labute approximate surface area is 96.6 Å². The Hall–Kier alpha value is -0.860. The molecule has 2 nitrogen and oxygen atoms in total. The van der Waals surface area contributed by atoms with E-state index in [9.17, 15) is 0 Å². The number of fused-ring (bicyclic) bond motifs is 1. The van der Waals surface area contributed by atoms with E-state index in [1.807, 2.05) is 0 Å². The number of rotatable bonds is 2. The van der Waals surface area contributed by atoms with Crippen LogP contribution in [0.5, 0.6) is 0 Å². The van der Waals surface area contributed by atoms with Crippen molar-refractivity contribution in [2.75, 3.05) is 26.4 Å². The number of ether oxygens (including phenoxy) is 2. The summed E-state index contributed by atoms with van der Waals surface area (Å²) in [5.74, 6) is 0.696. The predicted molar refractivity (Wildman–Crippen MR) is 62.3 cm³/mol. The molecule has 2 fully saturated rings. The highest BCUT2D eigenvalue weighted by molar-refractivity contribution is 5.18. The van der Waals surface area contributed by atoms with Crippen molar-refractivity contribution in [3.63, 3.8) is 0 Å². The zero-order valence-corrected chi connectivity index (χ0v) is 9.52. The minimum atomic E-state index is 0.250. The lowest BCUT2D eigenvalue weighted by molar-refractivity contribution is -0.0298. The van der Waals surface area contributed by atoms with Gasteiger partial charge in [0.1, 0.15) is 0 Å². The molecule has 16 heavy (non-hydrogen) atoms. The van der Waals surface area contributed by atoms with Gasteiger partial charge in [0, 0.05) is 12.0 Å². The fraction of sp³-hybridized carbons (Fsp3) is 0.571. The molecular formula is C14H18O2. The molecule has 0 aromatic heterocycles. The molecule has 86 valence electrons. The summed E-state index contributed by atoms with van der Waals surface area (Å²) in [5.41, 5.74) is 1.66. The fourth-order valence-corrected chi connectivity index (χ4v) is 3.00. The summed E-state index contributed by atoms with van der Waals surface area (Å²) in [6.45, 7) is 3.57. The smallest absolute Gasteiger partial charge is 0.0551 e. The van der Waals surface area contributed by atoms with Crippen LogP contribution in [0.15, 0.2) is 30.3 Å². The van der Waals surface area contributed by atoms with Crippen molar-refractivity contribution in [1.29, 1.82) is 0 Å².